The maximum atomic E-state index is 12.1. The number of carboxylic acids is 1. The number of carbonyl (C=O) groups excluding carboxylic acids is 1. The van der Waals surface area contributed by atoms with Crippen LogP contribution in [-0.2, 0) is 17.8 Å². The lowest BCUT2D eigenvalue weighted by molar-refractivity contribution is -0.120. The van der Waals surface area contributed by atoms with Gasteiger partial charge in [-0.05, 0) is 36.8 Å². The molecule has 0 aliphatic heterocycles. The number of hydrogen-bond donors (Lipinski definition) is 2. The van der Waals surface area contributed by atoms with Crippen molar-refractivity contribution in [3.8, 4) is 0 Å². The molecule has 6 nitrogen and oxygen atoms in total. The summed E-state index contributed by atoms with van der Waals surface area (Å²) in [5.74, 6) is -1.19. The van der Waals surface area contributed by atoms with Crippen molar-refractivity contribution in [2.24, 2.45) is 0 Å². The summed E-state index contributed by atoms with van der Waals surface area (Å²) in [5.41, 5.74) is 3.23. The van der Waals surface area contributed by atoms with Crippen LogP contribution >= 0.6 is 0 Å². The highest BCUT2D eigenvalue weighted by Crippen LogP contribution is 2.20. The highest BCUT2D eigenvalue weighted by Gasteiger charge is 2.12. The van der Waals surface area contributed by atoms with E-state index in [0.29, 0.717) is 11.3 Å². The third-order valence-corrected chi connectivity index (χ3v) is 3.69. The van der Waals surface area contributed by atoms with Crippen LogP contribution in [0, 0.1) is 6.92 Å². The summed E-state index contributed by atoms with van der Waals surface area (Å²) < 4.78 is 5.21. The Bertz CT molecular complexity index is 914. The van der Waals surface area contributed by atoms with E-state index in [1.54, 1.807) is 12.1 Å². The van der Waals surface area contributed by atoms with E-state index in [-0.39, 0.29) is 24.4 Å². The molecule has 0 aliphatic carbocycles. The minimum Gasteiger partial charge on any atom is -0.478 e. The molecule has 0 saturated heterocycles. The number of aryl methyl sites for hydroxylation is 1. The van der Waals surface area contributed by atoms with Crippen LogP contribution in [0.4, 0.5) is 0 Å². The maximum absolute atomic E-state index is 12.1. The van der Waals surface area contributed by atoms with Gasteiger partial charge in [-0.2, -0.15) is 0 Å². The molecule has 0 fully saturated rings. The minimum absolute atomic E-state index is 0.106. The Balaban J connectivity index is 1.66. The van der Waals surface area contributed by atoms with Gasteiger partial charge in [0.25, 0.3) is 0 Å². The van der Waals surface area contributed by atoms with Crippen molar-refractivity contribution in [2.75, 3.05) is 0 Å². The second-order valence-electron chi connectivity index (χ2n) is 5.59. The summed E-state index contributed by atoms with van der Waals surface area (Å²) in [6, 6.07) is 12.2. The third-order valence-electron chi connectivity index (χ3n) is 3.69. The minimum atomic E-state index is -0.993. The summed E-state index contributed by atoms with van der Waals surface area (Å²) in [6.07, 6.45) is 0.106. The molecule has 0 atom stereocenters. The normalized spacial score (nSPS) is 10.7. The number of carboxylic acid groups (broad SMARTS) is 1. The maximum Gasteiger partial charge on any atom is 0.335 e. The molecule has 2 aromatic carbocycles. The van der Waals surface area contributed by atoms with E-state index in [2.05, 4.69) is 10.5 Å². The van der Waals surface area contributed by atoms with E-state index in [0.717, 1.165) is 16.5 Å². The Kier molecular flexibility index (Phi) is 4.29. The number of amides is 1. The zero-order valence-electron chi connectivity index (χ0n) is 13.1. The predicted octanol–water partition coefficient (Wildman–Crippen LogP) is 2.69. The van der Waals surface area contributed by atoms with Crippen molar-refractivity contribution >= 4 is 22.8 Å². The lowest BCUT2D eigenvalue weighted by atomic mass is 10.1. The van der Waals surface area contributed by atoms with Crippen molar-refractivity contribution in [3.05, 3.63) is 64.8 Å². The lowest BCUT2D eigenvalue weighted by Gasteiger charge is -2.05. The van der Waals surface area contributed by atoms with Crippen LogP contribution in [0.1, 0.15) is 27.2 Å². The number of benzene rings is 2. The molecule has 1 aromatic heterocycles. The van der Waals surface area contributed by atoms with Gasteiger partial charge in [0.15, 0.2) is 5.58 Å². The van der Waals surface area contributed by atoms with E-state index in [4.69, 9.17) is 9.63 Å². The molecular formula is C18H16N2O4. The van der Waals surface area contributed by atoms with Crippen LogP contribution in [0.15, 0.2) is 47.0 Å². The zero-order valence-corrected chi connectivity index (χ0v) is 13.1. The average Bonchev–Trinajstić information content (AvgIpc) is 2.95. The molecule has 6 heteroatoms. The van der Waals surface area contributed by atoms with Gasteiger partial charge in [-0.15, -0.1) is 0 Å². The first kappa shape index (κ1) is 15.7. The van der Waals surface area contributed by atoms with E-state index < -0.39 is 5.97 Å². The Labute approximate surface area is 138 Å². The van der Waals surface area contributed by atoms with Crippen LogP contribution in [0.2, 0.25) is 0 Å². The molecule has 2 N–H and O–H groups in total. The van der Waals surface area contributed by atoms with Crippen molar-refractivity contribution in [3.63, 3.8) is 0 Å². The fraction of sp³-hybridized carbons (Fsp3) is 0.167. The summed E-state index contributed by atoms with van der Waals surface area (Å²) >= 11 is 0. The monoisotopic (exact) mass is 324 g/mol. The predicted molar refractivity (Wildman–Crippen MR) is 87.7 cm³/mol. The molecule has 1 heterocycles. The Morgan fingerprint density at radius 2 is 2.04 bits per heavy atom. The second kappa shape index (κ2) is 6.54. The Hall–Kier alpha value is -3.15. The van der Waals surface area contributed by atoms with E-state index in [1.165, 1.54) is 12.1 Å². The summed E-state index contributed by atoms with van der Waals surface area (Å²) in [4.78, 5) is 23.1. The van der Waals surface area contributed by atoms with Gasteiger partial charge in [-0.25, -0.2) is 4.79 Å². The number of rotatable bonds is 5. The van der Waals surface area contributed by atoms with Crippen molar-refractivity contribution in [1.82, 2.24) is 10.5 Å². The summed E-state index contributed by atoms with van der Waals surface area (Å²) in [6.45, 7) is 2.22. The van der Waals surface area contributed by atoms with Gasteiger partial charge in [0.05, 0.1) is 12.0 Å². The van der Waals surface area contributed by atoms with Crippen LogP contribution in [0.5, 0.6) is 0 Å². The molecule has 24 heavy (non-hydrogen) atoms. The van der Waals surface area contributed by atoms with Crippen LogP contribution in [0.3, 0.4) is 0 Å². The molecule has 122 valence electrons. The number of aromatic carboxylic acids is 1. The Morgan fingerprint density at radius 1 is 1.21 bits per heavy atom. The molecule has 0 radical (unpaired) electrons. The SMILES string of the molecule is Cc1ccc2onc(CC(=O)NCc3cccc(C(=O)O)c3)c2c1. The molecule has 0 unspecified atom stereocenters. The number of nitrogens with zero attached hydrogens (tertiary/aromatic N) is 1. The van der Waals surface area contributed by atoms with Gasteiger partial charge < -0.3 is 14.9 Å². The summed E-state index contributed by atoms with van der Waals surface area (Å²) in [7, 11) is 0. The van der Waals surface area contributed by atoms with Gasteiger partial charge in [0.1, 0.15) is 5.69 Å². The first-order valence-electron chi connectivity index (χ1n) is 7.47. The molecule has 3 rings (SSSR count). The van der Waals surface area contributed by atoms with Crippen molar-refractivity contribution < 1.29 is 19.2 Å². The number of nitrogens with one attached hydrogen (secondary N) is 1. The smallest absolute Gasteiger partial charge is 0.335 e. The van der Waals surface area contributed by atoms with Gasteiger partial charge in [-0.3, -0.25) is 4.79 Å². The molecule has 0 bridgehead atoms. The van der Waals surface area contributed by atoms with Crippen LogP contribution in [0.25, 0.3) is 11.0 Å². The molecule has 3 aromatic rings. The fourth-order valence-corrected chi connectivity index (χ4v) is 2.46. The van der Waals surface area contributed by atoms with Crippen LogP contribution in [-0.4, -0.2) is 22.1 Å². The highest BCUT2D eigenvalue weighted by molar-refractivity contribution is 5.88. The van der Waals surface area contributed by atoms with Crippen molar-refractivity contribution in [2.45, 2.75) is 19.9 Å². The third kappa shape index (κ3) is 3.43. The standard InChI is InChI=1S/C18H16N2O4/c1-11-5-6-16-14(7-11)15(20-24-16)9-17(21)19-10-12-3-2-4-13(8-12)18(22)23/h2-8H,9-10H2,1H3,(H,19,21)(H,22,23). The van der Waals surface area contributed by atoms with E-state index in [1.807, 2.05) is 25.1 Å². The van der Waals surface area contributed by atoms with Gasteiger partial charge >= 0.3 is 5.97 Å². The lowest BCUT2D eigenvalue weighted by Crippen LogP contribution is -2.24. The average molecular weight is 324 g/mol. The quantitative estimate of drug-likeness (QED) is 0.753. The van der Waals surface area contributed by atoms with E-state index >= 15 is 0 Å². The first-order valence-corrected chi connectivity index (χ1v) is 7.47. The van der Waals surface area contributed by atoms with Gasteiger partial charge in [0.2, 0.25) is 5.91 Å². The zero-order chi connectivity index (χ0) is 17.1. The topological polar surface area (TPSA) is 92.4 Å². The molecule has 1 amide bonds. The summed E-state index contributed by atoms with van der Waals surface area (Å²) in [5, 5.41) is 16.5. The fourth-order valence-electron chi connectivity index (χ4n) is 2.46. The number of aromatic nitrogens is 1. The first-order chi connectivity index (χ1) is 11.5. The largest absolute Gasteiger partial charge is 0.478 e. The van der Waals surface area contributed by atoms with Crippen molar-refractivity contribution in [1.29, 1.82) is 0 Å². The van der Waals surface area contributed by atoms with Crippen LogP contribution < -0.4 is 5.32 Å². The van der Waals surface area contributed by atoms with Gasteiger partial charge in [0, 0.05) is 11.9 Å². The second-order valence-corrected chi connectivity index (χ2v) is 5.59. The number of carbonyl (C=O) groups is 2. The molecule has 0 aliphatic rings. The molecule has 0 saturated carbocycles. The number of hydrogen-bond acceptors (Lipinski definition) is 4. The Morgan fingerprint density at radius 3 is 2.83 bits per heavy atom. The van der Waals surface area contributed by atoms with E-state index in [9.17, 15) is 9.59 Å². The molecular weight excluding hydrogens is 308 g/mol. The molecule has 0 spiro atoms. The number of fused-ring (bicyclic) bond motifs is 1. The van der Waals surface area contributed by atoms with Gasteiger partial charge in [-0.1, -0.05) is 28.9 Å². The highest BCUT2D eigenvalue weighted by atomic mass is 16.5.